The van der Waals surface area contributed by atoms with Crippen LogP contribution in [0.25, 0.3) is 0 Å². The van der Waals surface area contributed by atoms with E-state index in [1.807, 2.05) is 0 Å². The molecule has 0 aliphatic rings. The first kappa shape index (κ1) is 15.0. The summed E-state index contributed by atoms with van der Waals surface area (Å²) in [7, 11) is -1.83. The maximum Gasteiger partial charge on any atom is 0.492 e. The van der Waals surface area contributed by atoms with Crippen LogP contribution in [0.5, 0.6) is 5.75 Å². The summed E-state index contributed by atoms with van der Waals surface area (Å²) in [5.41, 5.74) is 0.315. The largest absolute Gasteiger partial charge is 0.492 e. The van der Waals surface area contributed by atoms with Gasteiger partial charge in [-0.15, -0.1) is 0 Å². The summed E-state index contributed by atoms with van der Waals surface area (Å²) in [5.74, 6) is -1.33. The van der Waals surface area contributed by atoms with Crippen LogP contribution in [0.3, 0.4) is 0 Å². The third-order valence-corrected chi connectivity index (χ3v) is 2.82. The number of nitriles is 1. The van der Waals surface area contributed by atoms with Crippen molar-refractivity contribution >= 4 is 12.6 Å². The third-order valence-electron chi connectivity index (χ3n) is 2.82. The summed E-state index contributed by atoms with van der Waals surface area (Å²) >= 11 is 0. The molecular weight excluding hydrogens is 279 g/mol. The van der Waals surface area contributed by atoms with Crippen molar-refractivity contribution in [3.8, 4) is 11.8 Å². The van der Waals surface area contributed by atoms with Crippen LogP contribution >= 0.6 is 0 Å². The fraction of sp³-hybridized carbons (Fsp3) is 0.0714. The van der Waals surface area contributed by atoms with Crippen molar-refractivity contribution in [2.24, 2.45) is 0 Å². The van der Waals surface area contributed by atoms with Crippen LogP contribution in [0.15, 0.2) is 36.4 Å². The average Bonchev–Trinajstić information content (AvgIpc) is 2.45. The van der Waals surface area contributed by atoms with Crippen LogP contribution in [-0.2, 0) is 6.61 Å². The number of ether oxygens (including phenoxy) is 1. The molecule has 0 aromatic heterocycles. The molecule has 0 spiro atoms. The van der Waals surface area contributed by atoms with E-state index in [1.165, 1.54) is 18.2 Å². The van der Waals surface area contributed by atoms with Crippen molar-refractivity contribution in [3.05, 3.63) is 59.2 Å². The van der Waals surface area contributed by atoms with E-state index < -0.39 is 18.8 Å². The van der Waals surface area contributed by atoms with Gasteiger partial charge in [-0.2, -0.15) is 5.26 Å². The summed E-state index contributed by atoms with van der Waals surface area (Å²) in [6.45, 7) is -0.235. The number of halogens is 2. The van der Waals surface area contributed by atoms with E-state index in [9.17, 15) is 8.78 Å². The molecular formula is C14H10BF2NO3. The maximum absolute atomic E-state index is 13.7. The van der Waals surface area contributed by atoms with E-state index in [4.69, 9.17) is 20.0 Å². The van der Waals surface area contributed by atoms with Gasteiger partial charge in [0.15, 0.2) is 0 Å². The maximum atomic E-state index is 13.7. The fourth-order valence-electron chi connectivity index (χ4n) is 1.74. The van der Waals surface area contributed by atoms with Gasteiger partial charge in [-0.3, -0.25) is 0 Å². The first-order valence-electron chi connectivity index (χ1n) is 5.98. The standard InChI is InChI=1S/C14H10BF2NO3/c16-11-3-4-12(15(19)20)14(6-11)21-8-10-2-1-9(7-18)5-13(10)17/h1-6,19-20H,8H2. The van der Waals surface area contributed by atoms with Crippen molar-refractivity contribution in [1.29, 1.82) is 5.26 Å². The van der Waals surface area contributed by atoms with Gasteiger partial charge in [0.2, 0.25) is 0 Å². The first-order chi connectivity index (χ1) is 10.0. The second-order valence-corrected chi connectivity index (χ2v) is 4.26. The number of rotatable bonds is 4. The summed E-state index contributed by atoms with van der Waals surface area (Å²) < 4.78 is 32.1. The number of benzene rings is 2. The smallest absolute Gasteiger partial charge is 0.489 e. The Hall–Kier alpha value is -2.43. The van der Waals surface area contributed by atoms with Gasteiger partial charge in [-0.25, -0.2) is 8.78 Å². The quantitative estimate of drug-likeness (QED) is 0.826. The highest BCUT2D eigenvalue weighted by atomic mass is 19.1. The molecule has 2 rings (SSSR count). The lowest BCUT2D eigenvalue weighted by Gasteiger charge is -2.11. The number of hydrogen-bond acceptors (Lipinski definition) is 4. The minimum atomic E-state index is -1.83. The Bertz CT molecular complexity index is 701. The molecule has 0 atom stereocenters. The SMILES string of the molecule is N#Cc1ccc(COc2cc(F)ccc2B(O)O)c(F)c1. The van der Waals surface area contributed by atoms with E-state index in [0.717, 1.165) is 18.2 Å². The monoisotopic (exact) mass is 289 g/mol. The normalized spacial score (nSPS) is 10.0. The number of nitrogens with zero attached hydrogens (tertiary/aromatic N) is 1. The van der Waals surface area contributed by atoms with Gasteiger partial charge in [0.25, 0.3) is 0 Å². The molecule has 0 unspecified atom stereocenters. The van der Waals surface area contributed by atoms with Crippen molar-refractivity contribution < 1.29 is 23.6 Å². The van der Waals surface area contributed by atoms with E-state index in [2.05, 4.69) is 0 Å². The van der Waals surface area contributed by atoms with Crippen LogP contribution in [0.2, 0.25) is 0 Å². The molecule has 0 aliphatic heterocycles. The third kappa shape index (κ3) is 3.57. The van der Waals surface area contributed by atoms with Crippen LogP contribution in [0, 0.1) is 23.0 Å². The Labute approximate surface area is 120 Å². The molecule has 0 bridgehead atoms. The minimum absolute atomic E-state index is 0.0227. The second-order valence-electron chi connectivity index (χ2n) is 4.26. The molecule has 7 heteroatoms. The lowest BCUT2D eigenvalue weighted by atomic mass is 9.79. The summed E-state index contributed by atoms with van der Waals surface area (Å²) in [6, 6.07) is 8.88. The second kappa shape index (κ2) is 6.35. The molecule has 2 aromatic carbocycles. The van der Waals surface area contributed by atoms with Gasteiger partial charge in [0.1, 0.15) is 24.0 Å². The van der Waals surface area contributed by atoms with E-state index >= 15 is 0 Å². The molecule has 21 heavy (non-hydrogen) atoms. The minimum Gasteiger partial charge on any atom is -0.489 e. The van der Waals surface area contributed by atoms with Gasteiger partial charge < -0.3 is 14.8 Å². The summed E-state index contributed by atoms with van der Waals surface area (Å²) in [4.78, 5) is 0. The topological polar surface area (TPSA) is 73.5 Å². The molecule has 0 aliphatic carbocycles. The predicted octanol–water partition coefficient (Wildman–Crippen LogP) is 1.10. The van der Waals surface area contributed by atoms with Gasteiger partial charge in [-0.05, 0) is 18.2 Å². The lowest BCUT2D eigenvalue weighted by Crippen LogP contribution is -2.31. The predicted molar refractivity (Wildman–Crippen MR) is 71.7 cm³/mol. The van der Waals surface area contributed by atoms with E-state index in [-0.39, 0.29) is 28.9 Å². The molecule has 0 amide bonds. The highest BCUT2D eigenvalue weighted by Crippen LogP contribution is 2.15. The molecule has 4 nitrogen and oxygen atoms in total. The first-order valence-corrected chi connectivity index (χ1v) is 5.98. The van der Waals surface area contributed by atoms with Crippen molar-refractivity contribution in [2.75, 3.05) is 0 Å². The molecule has 2 N–H and O–H groups in total. The molecule has 0 saturated heterocycles. The molecule has 0 saturated carbocycles. The molecule has 0 fully saturated rings. The van der Waals surface area contributed by atoms with E-state index in [1.54, 1.807) is 6.07 Å². The Morgan fingerprint density at radius 2 is 1.90 bits per heavy atom. The number of hydrogen-bond donors (Lipinski definition) is 2. The van der Waals surface area contributed by atoms with Crippen LogP contribution in [0.1, 0.15) is 11.1 Å². The van der Waals surface area contributed by atoms with Gasteiger partial charge in [0, 0.05) is 17.1 Å². The van der Waals surface area contributed by atoms with Gasteiger partial charge >= 0.3 is 7.12 Å². The van der Waals surface area contributed by atoms with Crippen LogP contribution < -0.4 is 10.2 Å². The van der Waals surface area contributed by atoms with Gasteiger partial charge in [-0.1, -0.05) is 12.1 Å². The summed E-state index contributed by atoms with van der Waals surface area (Å²) in [6.07, 6.45) is 0. The van der Waals surface area contributed by atoms with Crippen molar-refractivity contribution in [3.63, 3.8) is 0 Å². The Balaban J connectivity index is 2.20. The Kier molecular flexibility index (Phi) is 4.53. The fourth-order valence-corrected chi connectivity index (χ4v) is 1.74. The lowest BCUT2D eigenvalue weighted by molar-refractivity contribution is 0.299. The Morgan fingerprint density at radius 1 is 1.14 bits per heavy atom. The molecule has 2 aromatic rings. The van der Waals surface area contributed by atoms with Crippen molar-refractivity contribution in [1.82, 2.24) is 0 Å². The molecule has 0 radical (unpaired) electrons. The highest BCUT2D eigenvalue weighted by molar-refractivity contribution is 6.59. The zero-order chi connectivity index (χ0) is 15.4. The average molecular weight is 289 g/mol. The van der Waals surface area contributed by atoms with Crippen molar-refractivity contribution in [2.45, 2.75) is 6.61 Å². The van der Waals surface area contributed by atoms with E-state index in [0.29, 0.717) is 0 Å². The zero-order valence-electron chi connectivity index (χ0n) is 10.8. The molecule has 0 heterocycles. The van der Waals surface area contributed by atoms with Gasteiger partial charge in [0.05, 0.1) is 11.6 Å². The highest BCUT2D eigenvalue weighted by Gasteiger charge is 2.18. The Morgan fingerprint density at radius 3 is 2.52 bits per heavy atom. The van der Waals surface area contributed by atoms with Crippen LogP contribution in [-0.4, -0.2) is 17.2 Å². The summed E-state index contributed by atoms with van der Waals surface area (Å²) in [5, 5.41) is 27.0. The molecule has 106 valence electrons. The zero-order valence-corrected chi connectivity index (χ0v) is 10.8. The van der Waals surface area contributed by atoms with Crippen LogP contribution in [0.4, 0.5) is 8.78 Å².